The molecule has 0 aromatic heterocycles. The second-order valence-electron chi connectivity index (χ2n) is 7.95. The van der Waals surface area contributed by atoms with Crippen molar-refractivity contribution in [3.63, 3.8) is 0 Å². The highest BCUT2D eigenvalue weighted by Gasteiger charge is 2.24. The van der Waals surface area contributed by atoms with Gasteiger partial charge in [0.05, 0.1) is 31.5 Å². The predicted octanol–water partition coefficient (Wildman–Crippen LogP) is 5.09. The molecule has 0 amide bonds. The Labute approximate surface area is 177 Å². The minimum absolute atomic E-state index is 0.0329. The number of ether oxygens (including phenoxy) is 3. The summed E-state index contributed by atoms with van der Waals surface area (Å²) in [6.45, 7) is 1.31. The van der Waals surface area contributed by atoms with Gasteiger partial charge in [-0.05, 0) is 73.4 Å². The Hall–Kier alpha value is -1.59. The number of halogens is 1. The fourth-order valence-corrected chi connectivity index (χ4v) is 3.93. The van der Waals surface area contributed by atoms with E-state index in [1.807, 2.05) is 24.3 Å². The topological polar surface area (TPSA) is 47.9 Å². The van der Waals surface area contributed by atoms with Crippen LogP contribution in [0.15, 0.2) is 42.5 Å². The molecule has 29 heavy (non-hydrogen) atoms. The molecule has 1 heterocycles. The largest absolute Gasteiger partial charge is 0.491 e. The summed E-state index contributed by atoms with van der Waals surface area (Å²) >= 11 is 6.47. The fourth-order valence-electron chi connectivity index (χ4n) is 3.74. The standard InChI is InChI=1S/C24H29ClO4/c25-23-11-6-18(24-3-1-2-22(16-26)29-24)15-19(23)14-17-4-7-20(8-5-17)27-12-13-28-21-9-10-21/h4-8,11,15,21-22,24,26H,1-3,9-10,12-14,16H2. The van der Waals surface area contributed by atoms with E-state index in [0.29, 0.717) is 19.3 Å². The van der Waals surface area contributed by atoms with E-state index < -0.39 is 0 Å². The summed E-state index contributed by atoms with van der Waals surface area (Å²) in [4.78, 5) is 0. The number of aliphatic hydroxyl groups excluding tert-OH is 1. The van der Waals surface area contributed by atoms with Gasteiger partial charge in [-0.3, -0.25) is 0 Å². The van der Waals surface area contributed by atoms with E-state index in [0.717, 1.165) is 47.6 Å². The van der Waals surface area contributed by atoms with Gasteiger partial charge < -0.3 is 19.3 Å². The summed E-state index contributed by atoms with van der Waals surface area (Å²) in [7, 11) is 0. The minimum atomic E-state index is -0.0601. The first-order valence-corrected chi connectivity index (χ1v) is 11.0. The highest BCUT2D eigenvalue weighted by Crippen LogP contribution is 2.33. The highest BCUT2D eigenvalue weighted by molar-refractivity contribution is 6.31. The summed E-state index contributed by atoms with van der Waals surface area (Å²) in [5.41, 5.74) is 3.41. The summed E-state index contributed by atoms with van der Waals surface area (Å²) in [5, 5.41) is 10.2. The van der Waals surface area contributed by atoms with Gasteiger partial charge >= 0.3 is 0 Å². The Kier molecular flexibility index (Phi) is 7.09. The first kappa shape index (κ1) is 20.7. The molecule has 156 valence electrons. The van der Waals surface area contributed by atoms with Gasteiger partial charge in [-0.1, -0.05) is 35.9 Å². The Balaban J connectivity index is 1.35. The maximum absolute atomic E-state index is 9.40. The van der Waals surface area contributed by atoms with Gasteiger partial charge in [-0.15, -0.1) is 0 Å². The van der Waals surface area contributed by atoms with Crippen molar-refractivity contribution in [2.45, 2.75) is 56.8 Å². The quantitative estimate of drug-likeness (QED) is 0.578. The van der Waals surface area contributed by atoms with Crippen molar-refractivity contribution >= 4 is 11.6 Å². The lowest BCUT2D eigenvalue weighted by molar-refractivity contribution is -0.0737. The van der Waals surface area contributed by atoms with Crippen LogP contribution in [0.2, 0.25) is 5.02 Å². The highest BCUT2D eigenvalue weighted by atomic mass is 35.5. The van der Waals surface area contributed by atoms with E-state index >= 15 is 0 Å². The van der Waals surface area contributed by atoms with Crippen molar-refractivity contribution in [1.29, 1.82) is 0 Å². The average Bonchev–Trinajstić information content (AvgIpc) is 3.58. The molecule has 1 N–H and O–H groups in total. The average molecular weight is 417 g/mol. The zero-order chi connectivity index (χ0) is 20.1. The first-order chi connectivity index (χ1) is 14.2. The van der Waals surface area contributed by atoms with Gasteiger partial charge in [0, 0.05) is 5.02 Å². The molecule has 2 atom stereocenters. The van der Waals surface area contributed by atoms with Crippen molar-refractivity contribution in [3.8, 4) is 5.75 Å². The zero-order valence-electron chi connectivity index (χ0n) is 16.7. The molecule has 0 spiro atoms. The lowest BCUT2D eigenvalue weighted by Gasteiger charge is -2.29. The number of rotatable bonds is 9. The van der Waals surface area contributed by atoms with Gasteiger partial charge in [0.1, 0.15) is 12.4 Å². The molecule has 1 aliphatic carbocycles. The van der Waals surface area contributed by atoms with Crippen LogP contribution in [-0.2, 0) is 15.9 Å². The molecule has 1 saturated heterocycles. The molecule has 2 fully saturated rings. The number of benzene rings is 2. The lowest BCUT2D eigenvalue weighted by atomic mass is 9.95. The molecule has 2 aromatic rings. The lowest BCUT2D eigenvalue weighted by Crippen LogP contribution is -2.25. The van der Waals surface area contributed by atoms with E-state index in [2.05, 4.69) is 18.2 Å². The van der Waals surface area contributed by atoms with Crippen LogP contribution < -0.4 is 4.74 Å². The SMILES string of the molecule is OCC1CCCC(c2ccc(Cl)c(Cc3ccc(OCCOC4CC4)cc3)c2)O1. The smallest absolute Gasteiger partial charge is 0.119 e. The molecule has 4 rings (SSSR count). The van der Waals surface area contributed by atoms with Gasteiger partial charge in [-0.2, -0.15) is 0 Å². The minimum Gasteiger partial charge on any atom is -0.491 e. The Morgan fingerprint density at radius 2 is 1.83 bits per heavy atom. The third-order valence-electron chi connectivity index (χ3n) is 5.54. The third kappa shape index (κ3) is 5.95. The maximum atomic E-state index is 9.40. The molecule has 2 unspecified atom stereocenters. The number of aliphatic hydroxyl groups is 1. The van der Waals surface area contributed by atoms with E-state index in [4.69, 9.17) is 25.8 Å². The van der Waals surface area contributed by atoms with Crippen molar-refractivity contribution in [3.05, 3.63) is 64.2 Å². The van der Waals surface area contributed by atoms with Crippen LogP contribution in [0.5, 0.6) is 5.75 Å². The third-order valence-corrected chi connectivity index (χ3v) is 5.91. The van der Waals surface area contributed by atoms with E-state index in [9.17, 15) is 5.11 Å². The summed E-state index contributed by atoms with van der Waals surface area (Å²) in [5.74, 6) is 0.860. The van der Waals surface area contributed by atoms with Crippen molar-refractivity contribution < 1.29 is 19.3 Å². The summed E-state index contributed by atoms with van der Waals surface area (Å²) < 4.78 is 17.4. The Bertz CT molecular complexity index is 788. The van der Waals surface area contributed by atoms with E-state index in [-0.39, 0.29) is 18.8 Å². The Morgan fingerprint density at radius 3 is 2.59 bits per heavy atom. The normalized spacial score (nSPS) is 21.9. The zero-order valence-corrected chi connectivity index (χ0v) is 17.4. The molecular formula is C24H29ClO4. The second kappa shape index (κ2) is 9.94. The molecule has 2 aromatic carbocycles. The van der Waals surface area contributed by atoms with Crippen LogP contribution in [0.25, 0.3) is 0 Å². The fraction of sp³-hybridized carbons (Fsp3) is 0.500. The predicted molar refractivity (Wildman–Crippen MR) is 114 cm³/mol. The van der Waals surface area contributed by atoms with Gasteiger partial charge in [-0.25, -0.2) is 0 Å². The second-order valence-corrected chi connectivity index (χ2v) is 8.36. The molecule has 4 nitrogen and oxygen atoms in total. The number of hydrogen-bond acceptors (Lipinski definition) is 4. The van der Waals surface area contributed by atoms with Crippen LogP contribution >= 0.6 is 11.6 Å². The summed E-state index contributed by atoms with van der Waals surface area (Å²) in [6.07, 6.45) is 6.55. The van der Waals surface area contributed by atoms with Crippen molar-refractivity contribution in [2.75, 3.05) is 19.8 Å². The molecular weight excluding hydrogens is 388 g/mol. The van der Waals surface area contributed by atoms with Crippen LogP contribution in [0.4, 0.5) is 0 Å². The Morgan fingerprint density at radius 1 is 1.00 bits per heavy atom. The molecule has 1 saturated carbocycles. The molecule has 1 aliphatic heterocycles. The molecule has 0 radical (unpaired) electrons. The van der Waals surface area contributed by atoms with Crippen molar-refractivity contribution in [2.24, 2.45) is 0 Å². The van der Waals surface area contributed by atoms with Crippen LogP contribution in [-0.4, -0.2) is 37.1 Å². The van der Waals surface area contributed by atoms with E-state index in [1.165, 1.54) is 18.4 Å². The van der Waals surface area contributed by atoms with E-state index in [1.54, 1.807) is 0 Å². The molecule has 2 aliphatic rings. The van der Waals surface area contributed by atoms with Crippen LogP contribution in [0, 0.1) is 0 Å². The summed E-state index contributed by atoms with van der Waals surface area (Å²) in [6, 6.07) is 14.3. The van der Waals surface area contributed by atoms with Gasteiger partial charge in [0.15, 0.2) is 0 Å². The van der Waals surface area contributed by atoms with Crippen LogP contribution in [0.3, 0.4) is 0 Å². The van der Waals surface area contributed by atoms with Gasteiger partial charge in [0.25, 0.3) is 0 Å². The molecule has 0 bridgehead atoms. The maximum Gasteiger partial charge on any atom is 0.119 e. The first-order valence-electron chi connectivity index (χ1n) is 10.6. The number of hydrogen-bond donors (Lipinski definition) is 1. The van der Waals surface area contributed by atoms with Crippen molar-refractivity contribution in [1.82, 2.24) is 0 Å². The monoisotopic (exact) mass is 416 g/mol. The van der Waals surface area contributed by atoms with Crippen LogP contribution in [0.1, 0.15) is 54.9 Å². The molecule has 5 heteroatoms. The van der Waals surface area contributed by atoms with Gasteiger partial charge in [0.2, 0.25) is 0 Å².